The van der Waals surface area contributed by atoms with Gasteiger partial charge in [-0.3, -0.25) is 4.79 Å². The third kappa shape index (κ3) is 5.11. The molecule has 0 spiro atoms. The first-order valence-corrected chi connectivity index (χ1v) is 13.0. The van der Waals surface area contributed by atoms with Gasteiger partial charge < -0.3 is 9.88 Å². The molecule has 0 fully saturated rings. The predicted molar refractivity (Wildman–Crippen MR) is 131 cm³/mol. The van der Waals surface area contributed by atoms with E-state index in [0.717, 1.165) is 42.7 Å². The minimum atomic E-state index is -0.163. The quantitative estimate of drug-likeness (QED) is 0.376. The Labute approximate surface area is 200 Å². The molecule has 1 aromatic carbocycles. The number of nitrogens with one attached hydrogen (secondary N) is 1. The highest BCUT2D eigenvalue weighted by Gasteiger charge is 2.24. The fraction of sp³-hybridized carbons (Fsp3) is 0.409. The molecule has 2 aromatic heterocycles. The van der Waals surface area contributed by atoms with Crippen molar-refractivity contribution in [1.82, 2.24) is 14.8 Å². The second-order valence-corrected chi connectivity index (χ2v) is 10.6. The molecule has 5 nitrogen and oxygen atoms in total. The molecule has 2 heterocycles. The number of carbonyl (C=O) groups excluding carboxylic acids is 1. The van der Waals surface area contributed by atoms with Crippen LogP contribution in [0.5, 0.6) is 0 Å². The maximum Gasteiger partial charge on any atom is 0.234 e. The molecule has 3 aromatic rings. The molecule has 0 saturated heterocycles. The van der Waals surface area contributed by atoms with Crippen molar-refractivity contribution < 1.29 is 4.79 Å². The molecule has 0 bridgehead atoms. The van der Waals surface area contributed by atoms with Crippen LogP contribution < -0.4 is 5.32 Å². The highest BCUT2D eigenvalue weighted by molar-refractivity contribution is 7.99. The number of anilines is 1. The molecule has 1 atom stereocenters. The van der Waals surface area contributed by atoms with Crippen LogP contribution in [0, 0.1) is 5.92 Å². The zero-order valence-electron chi connectivity index (χ0n) is 17.5. The standard InChI is InChI=1S/C22H24Cl2N4OS2/c1-3-8-28-21(16-11-30-19-9-13(2)4-6-15(16)19)26-27-22(28)31-12-20(29)25-18-10-14(23)5-7-17(18)24/h5,7,10-11,13H,3-4,6,8-9,12H2,1-2H3,(H,25,29). The van der Waals surface area contributed by atoms with Crippen LogP contribution in [0.1, 0.15) is 37.1 Å². The molecule has 9 heteroatoms. The molecule has 4 rings (SSSR count). The van der Waals surface area contributed by atoms with Gasteiger partial charge >= 0.3 is 0 Å². The van der Waals surface area contributed by atoms with E-state index in [1.165, 1.54) is 34.2 Å². The summed E-state index contributed by atoms with van der Waals surface area (Å²) in [6.07, 6.45) is 4.42. The van der Waals surface area contributed by atoms with Gasteiger partial charge in [-0.05, 0) is 55.4 Å². The predicted octanol–water partition coefficient (Wildman–Crippen LogP) is 6.58. The number of thiophene rings is 1. The van der Waals surface area contributed by atoms with Gasteiger partial charge in [-0.15, -0.1) is 21.5 Å². The third-order valence-corrected chi connectivity index (χ3v) is 7.92. The molecule has 1 amide bonds. The molecule has 1 unspecified atom stereocenters. The molecule has 0 aliphatic heterocycles. The Morgan fingerprint density at radius 1 is 1.35 bits per heavy atom. The highest BCUT2D eigenvalue weighted by Crippen LogP contribution is 2.38. The minimum absolute atomic E-state index is 0.163. The topological polar surface area (TPSA) is 59.8 Å². The van der Waals surface area contributed by atoms with Crippen LogP contribution in [0.25, 0.3) is 11.4 Å². The lowest BCUT2D eigenvalue weighted by molar-refractivity contribution is -0.113. The van der Waals surface area contributed by atoms with Crippen molar-refractivity contribution in [1.29, 1.82) is 0 Å². The lowest BCUT2D eigenvalue weighted by atomic mass is 9.88. The summed E-state index contributed by atoms with van der Waals surface area (Å²) in [5.74, 6) is 1.70. The number of thioether (sulfide) groups is 1. The van der Waals surface area contributed by atoms with Crippen molar-refractivity contribution in [2.24, 2.45) is 5.92 Å². The lowest BCUT2D eigenvalue weighted by Crippen LogP contribution is -2.15. The van der Waals surface area contributed by atoms with Gasteiger partial charge in [0.1, 0.15) is 0 Å². The van der Waals surface area contributed by atoms with E-state index in [4.69, 9.17) is 23.2 Å². The van der Waals surface area contributed by atoms with Crippen LogP contribution in [0.15, 0.2) is 28.7 Å². The lowest BCUT2D eigenvalue weighted by Gasteiger charge is -2.19. The van der Waals surface area contributed by atoms with E-state index < -0.39 is 0 Å². The molecule has 1 aliphatic rings. The average Bonchev–Trinajstić information content (AvgIpc) is 3.32. The first-order chi connectivity index (χ1) is 15.0. The van der Waals surface area contributed by atoms with Crippen LogP contribution in [-0.2, 0) is 24.2 Å². The molecule has 0 radical (unpaired) electrons. The van der Waals surface area contributed by atoms with E-state index in [9.17, 15) is 4.79 Å². The van der Waals surface area contributed by atoms with E-state index in [2.05, 4.69) is 39.3 Å². The summed E-state index contributed by atoms with van der Waals surface area (Å²) in [5, 5.41) is 15.7. The molecule has 31 heavy (non-hydrogen) atoms. The Hall–Kier alpha value is -1.54. The van der Waals surface area contributed by atoms with E-state index in [1.54, 1.807) is 18.2 Å². The number of halogens is 2. The summed E-state index contributed by atoms with van der Waals surface area (Å²) in [4.78, 5) is 14.0. The van der Waals surface area contributed by atoms with Gasteiger partial charge in [0.15, 0.2) is 11.0 Å². The van der Waals surface area contributed by atoms with E-state index in [-0.39, 0.29) is 11.7 Å². The van der Waals surface area contributed by atoms with Crippen molar-refractivity contribution in [2.45, 2.75) is 51.2 Å². The summed E-state index contributed by atoms with van der Waals surface area (Å²) in [6.45, 7) is 5.27. The largest absolute Gasteiger partial charge is 0.324 e. The van der Waals surface area contributed by atoms with Crippen LogP contribution in [0.2, 0.25) is 10.0 Å². The number of amides is 1. The molecule has 0 saturated carbocycles. The Balaban J connectivity index is 1.50. The first kappa shape index (κ1) is 22.6. The maximum absolute atomic E-state index is 12.5. The number of hydrogen-bond donors (Lipinski definition) is 1. The highest BCUT2D eigenvalue weighted by atomic mass is 35.5. The van der Waals surface area contributed by atoms with Crippen molar-refractivity contribution >= 4 is 57.9 Å². The Morgan fingerprint density at radius 3 is 3.00 bits per heavy atom. The van der Waals surface area contributed by atoms with Crippen LogP contribution >= 0.6 is 46.3 Å². The van der Waals surface area contributed by atoms with Crippen LogP contribution in [0.3, 0.4) is 0 Å². The fourth-order valence-corrected chi connectivity index (χ4v) is 6.14. The van der Waals surface area contributed by atoms with E-state index >= 15 is 0 Å². The normalized spacial score (nSPS) is 15.7. The second-order valence-electron chi connectivity index (χ2n) is 7.82. The van der Waals surface area contributed by atoms with Gasteiger partial charge in [-0.1, -0.05) is 48.8 Å². The van der Waals surface area contributed by atoms with Gasteiger partial charge in [0, 0.05) is 27.4 Å². The maximum atomic E-state index is 12.5. The zero-order valence-corrected chi connectivity index (χ0v) is 20.6. The Bertz CT molecular complexity index is 1100. The number of hydrogen-bond acceptors (Lipinski definition) is 5. The molecular weight excluding hydrogens is 471 g/mol. The Kier molecular flexibility index (Phi) is 7.26. The van der Waals surface area contributed by atoms with Crippen molar-refractivity contribution in [3.8, 4) is 11.4 Å². The number of carbonyl (C=O) groups is 1. The summed E-state index contributed by atoms with van der Waals surface area (Å²) >= 11 is 15.4. The average molecular weight is 496 g/mol. The van der Waals surface area contributed by atoms with Gasteiger partial charge in [0.05, 0.1) is 16.5 Å². The fourth-order valence-electron chi connectivity index (χ4n) is 3.79. The molecular formula is C22H24Cl2N4OS2. The summed E-state index contributed by atoms with van der Waals surface area (Å²) in [7, 11) is 0. The number of fused-ring (bicyclic) bond motifs is 1. The van der Waals surface area contributed by atoms with Crippen LogP contribution in [-0.4, -0.2) is 26.4 Å². The van der Waals surface area contributed by atoms with E-state index in [0.29, 0.717) is 15.7 Å². The first-order valence-electron chi connectivity index (χ1n) is 10.4. The van der Waals surface area contributed by atoms with Crippen LogP contribution in [0.4, 0.5) is 5.69 Å². The van der Waals surface area contributed by atoms with E-state index in [1.807, 2.05) is 11.3 Å². The molecule has 1 N–H and O–H groups in total. The minimum Gasteiger partial charge on any atom is -0.324 e. The van der Waals surface area contributed by atoms with Gasteiger partial charge in [0.25, 0.3) is 0 Å². The van der Waals surface area contributed by atoms with Gasteiger partial charge in [-0.25, -0.2) is 0 Å². The number of nitrogens with zero attached hydrogens (tertiary/aromatic N) is 3. The van der Waals surface area contributed by atoms with Gasteiger partial charge in [0.2, 0.25) is 5.91 Å². The number of benzene rings is 1. The van der Waals surface area contributed by atoms with Crippen molar-refractivity contribution in [3.63, 3.8) is 0 Å². The SMILES string of the molecule is CCCn1c(SCC(=O)Nc2cc(Cl)ccc2Cl)nnc1-c1csc2c1CCC(C)C2. The third-order valence-electron chi connectivity index (χ3n) is 5.34. The summed E-state index contributed by atoms with van der Waals surface area (Å²) in [5.41, 5.74) is 3.14. The number of aromatic nitrogens is 3. The summed E-state index contributed by atoms with van der Waals surface area (Å²) in [6, 6.07) is 5.00. The molecule has 164 valence electrons. The number of rotatable bonds is 7. The zero-order chi connectivity index (χ0) is 22.0. The van der Waals surface area contributed by atoms with Crippen molar-refractivity contribution in [2.75, 3.05) is 11.1 Å². The molecule has 1 aliphatic carbocycles. The summed E-state index contributed by atoms with van der Waals surface area (Å²) < 4.78 is 2.14. The smallest absolute Gasteiger partial charge is 0.234 e. The Morgan fingerprint density at radius 2 is 2.19 bits per heavy atom. The monoisotopic (exact) mass is 494 g/mol. The second kappa shape index (κ2) is 9.94. The van der Waals surface area contributed by atoms with Gasteiger partial charge in [-0.2, -0.15) is 0 Å². The van der Waals surface area contributed by atoms with Crippen molar-refractivity contribution in [3.05, 3.63) is 44.1 Å².